The molecule has 0 aliphatic carbocycles. The van der Waals surface area contributed by atoms with Gasteiger partial charge in [-0.1, -0.05) is 11.6 Å². The van der Waals surface area contributed by atoms with E-state index in [1.807, 2.05) is 18.2 Å². The number of aldehydes is 1. The fraction of sp³-hybridized carbons (Fsp3) is 0.222. The van der Waals surface area contributed by atoms with Gasteiger partial charge in [0, 0.05) is 17.3 Å². The summed E-state index contributed by atoms with van der Waals surface area (Å²) in [6, 6.07) is 5.57. The van der Waals surface area contributed by atoms with E-state index in [0.717, 1.165) is 17.5 Å². The molecule has 1 unspecified atom stereocenters. The quantitative estimate of drug-likeness (QED) is 0.672. The second-order valence-corrected chi connectivity index (χ2v) is 3.29. The Morgan fingerprint density at radius 1 is 1.58 bits per heavy atom. The van der Waals surface area contributed by atoms with Crippen LogP contribution >= 0.6 is 11.6 Å². The summed E-state index contributed by atoms with van der Waals surface area (Å²) in [5, 5.41) is 3.82. The maximum absolute atomic E-state index is 10.6. The fourth-order valence-corrected chi connectivity index (χ4v) is 1.63. The molecule has 0 bridgehead atoms. The Bertz CT molecular complexity index is 324. The second kappa shape index (κ2) is 2.79. The van der Waals surface area contributed by atoms with Gasteiger partial charge in [0.05, 0.1) is 5.92 Å². The molecule has 62 valence electrons. The summed E-state index contributed by atoms with van der Waals surface area (Å²) < 4.78 is 0. The van der Waals surface area contributed by atoms with E-state index in [2.05, 4.69) is 5.32 Å². The molecule has 1 atom stereocenters. The van der Waals surface area contributed by atoms with Crippen LogP contribution in [0.25, 0.3) is 0 Å². The molecular weight excluding hydrogens is 174 g/mol. The fourth-order valence-electron chi connectivity index (χ4n) is 1.45. The van der Waals surface area contributed by atoms with Crippen molar-refractivity contribution in [1.82, 2.24) is 0 Å². The molecule has 0 radical (unpaired) electrons. The highest BCUT2D eigenvalue weighted by atomic mass is 35.5. The van der Waals surface area contributed by atoms with Gasteiger partial charge in [0.15, 0.2) is 0 Å². The van der Waals surface area contributed by atoms with Crippen LogP contribution in [0, 0.1) is 0 Å². The smallest absolute Gasteiger partial charge is 0.129 e. The third kappa shape index (κ3) is 1.08. The van der Waals surface area contributed by atoms with Crippen LogP contribution in [-0.2, 0) is 4.79 Å². The largest absolute Gasteiger partial charge is 0.384 e. The third-order valence-corrected chi connectivity index (χ3v) is 2.32. The Morgan fingerprint density at radius 3 is 3.17 bits per heavy atom. The maximum atomic E-state index is 10.6. The highest BCUT2D eigenvalue weighted by molar-refractivity contribution is 6.30. The molecule has 2 nitrogen and oxygen atoms in total. The second-order valence-electron chi connectivity index (χ2n) is 2.86. The summed E-state index contributed by atoms with van der Waals surface area (Å²) in [6.07, 6.45) is 0.954. The van der Waals surface area contributed by atoms with Gasteiger partial charge in [-0.15, -0.1) is 0 Å². The Hall–Kier alpha value is -1.02. The van der Waals surface area contributed by atoms with E-state index in [1.54, 1.807) is 0 Å². The summed E-state index contributed by atoms with van der Waals surface area (Å²) in [5.41, 5.74) is 2.04. The number of halogens is 1. The van der Waals surface area contributed by atoms with E-state index in [1.165, 1.54) is 0 Å². The molecule has 0 aromatic heterocycles. The summed E-state index contributed by atoms with van der Waals surface area (Å²) in [7, 11) is 0. The maximum Gasteiger partial charge on any atom is 0.129 e. The monoisotopic (exact) mass is 181 g/mol. The number of hydrogen-bond acceptors (Lipinski definition) is 2. The molecular formula is C9H8ClNO. The van der Waals surface area contributed by atoms with Crippen molar-refractivity contribution in [1.29, 1.82) is 0 Å². The van der Waals surface area contributed by atoms with Crippen molar-refractivity contribution in [2.24, 2.45) is 0 Å². The summed E-state index contributed by atoms with van der Waals surface area (Å²) in [4.78, 5) is 10.6. The zero-order valence-electron chi connectivity index (χ0n) is 6.38. The third-order valence-electron chi connectivity index (χ3n) is 2.09. The molecule has 0 saturated heterocycles. The van der Waals surface area contributed by atoms with E-state index in [9.17, 15) is 4.79 Å². The van der Waals surface area contributed by atoms with Crippen LogP contribution < -0.4 is 5.32 Å². The van der Waals surface area contributed by atoms with Gasteiger partial charge in [-0.05, 0) is 23.8 Å². The van der Waals surface area contributed by atoms with Crippen LogP contribution in [0.1, 0.15) is 11.5 Å². The standard InChI is InChI=1S/C9H8ClNO/c10-7-1-2-9-8(3-7)6(5-12)4-11-9/h1-3,5-6,11H,4H2. The van der Waals surface area contributed by atoms with Gasteiger partial charge in [0.1, 0.15) is 6.29 Å². The molecule has 1 aliphatic heterocycles. The lowest BCUT2D eigenvalue weighted by Gasteiger charge is -2.00. The topological polar surface area (TPSA) is 29.1 Å². The van der Waals surface area contributed by atoms with E-state index < -0.39 is 0 Å². The predicted molar refractivity (Wildman–Crippen MR) is 48.7 cm³/mol. The minimum atomic E-state index is -0.0290. The van der Waals surface area contributed by atoms with Crippen molar-refractivity contribution in [3.8, 4) is 0 Å². The normalized spacial score (nSPS) is 19.9. The Balaban J connectivity index is 2.49. The highest BCUT2D eigenvalue weighted by Gasteiger charge is 2.20. The van der Waals surface area contributed by atoms with Crippen molar-refractivity contribution in [2.75, 3.05) is 11.9 Å². The molecule has 0 amide bonds. The Labute approximate surface area is 75.5 Å². The lowest BCUT2D eigenvalue weighted by atomic mass is 10.0. The molecule has 1 aliphatic rings. The first-order valence-electron chi connectivity index (χ1n) is 3.80. The SMILES string of the molecule is O=CC1CNc2ccc(Cl)cc21. The molecule has 1 aromatic carbocycles. The van der Waals surface area contributed by atoms with Crippen LogP contribution in [0.3, 0.4) is 0 Å². The number of anilines is 1. The predicted octanol–water partition coefficient (Wildman–Crippen LogP) is 2.05. The lowest BCUT2D eigenvalue weighted by molar-refractivity contribution is -0.108. The van der Waals surface area contributed by atoms with E-state index in [0.29, 0.717) is 11.6 Å². The van der Waals surface area contributed by atoms with E-state index in [-0.39, 0.29) is 5.92 Å². The van der Waals surface area contributed by atoms with Gasteiger partial charge in [-0.25, -0.2) is 0 Å². The number of hydrogen-bond donors (Lipinski definition) is 1. The molecule has 1 aromatic rings. The van der Waals surface area contributed by atoms with Crippen LogP contribution in [-0.4, -0.2) is 12.8 Å². The number of nitrogens with one attached hydrogen (secondary N) is 1. The minimum Gasteiger partial charge on any atom is -0.384 e. The van der Waals surface area contributed by atoms with Crippen molar-refractivity contribution in [3.63, 3.8) is 0 Å². The zero-order valence-corrected chi connectivity index (χ0v) is 7.14. The molecule has 1 N–H and O–H groups in total. The van der Waals surface area contributed by atoms with Gasteiger partial charge < -0.3 is 10.1 Å². The number of fused-ring (bicyclic) bond motifs is 1. The van der Waals surface area contributed by atoms with Gasteiger partial charge in [-0.3, -0.25) is 0 Å². The first kappa shape index (κ1) is 7.62. The van der Waals surface area contributed by atoms with Crippen LogP contribution in [0.4, 0.5) is 5.69 Å². The molecule has 0 spiro atoms. The Morgan fingerprint density at radius 2 is 2.42 bits per heavy atom. The molecule has 1 heterocycles. The minimum absolute atomic E-state index is 0.0290. The number of benzene rings is 1. The summed E-state index contributed by atoms with van der Waals surface area (Å²) in [6.45, 7) is 0.694. The van der Waals surface area contributed by atoms with Crippen molar-refractivity contribution >= 4 is 23.6 Å². The molecule has 0 fully saturated rings. The van der Waals surface area contributed by atoms with Crippen molar-refractivity contribution in [2.45, 2.75) is 5.92 Å². The average molecular weight is 182 g/mol. The first-order valence-corrected chi connectivity index (χ1v) is 4.17. The summed E-state index contributed by atoms with van der Waals surface area (Å²) >= 11 is 5.80. The number of rotatable bonds is 1. The molecule has 12 heavy (non-hydrogen) atoms. The van der Waals surface area contributed by atoms with Crippen LogP contribution in [0.2, 0.25) is 5.02 Å². The van der Waals surface area contributed by atoms with Crippen LogP contribution in [0.15, 0.2) is 18.2 Å². The van der Waals surface area contributed by atoms with E-state index in [4.69, 9.17) is 11.6 Å². The molecule has 2 rings (SSSR count). The van der Waals surface area contributed by atoms with E-state index >= 15 is 0 Å². The molecule has 3 heteroatoms. The van der Waals surface area contributed by atoms with Crippen LogP contribution in [0.5, 0.6) is 0 Å². The zero-order chi connectivity index (χ0) is 8.55. The van der Waals surface area contributed by atoms with Crippen molar-refractivity contribution < 1.29 is 4.79 Å². The van der Waals surface area contributed by atoms with Gasteiger partial charge in [0.25, 0.3) is 0 Å². The summed E-state index contributed by atoms with van der Waals surface area (Å²) in [5.74, 6) is -0.0290. The lowest BCUT2D eigenvalue weighted by Crippen LogP contribution is -2.02. The molecule has 0 saturated carbocycles. The number of carbonyl (C=O) groups is 1. The number of carbonyl (C=O) groups excluding carboxylic acids is 1. The Kier molecular flexibility index (Phi) is 1.77. The van der Waals surface area contributed by atoms with Gasteiger partial charge >= 0.3 is 0 Å². The van der Waals surface area contributed by atoms with Gasteiger partial charge in [0.2, 0.25) is 0 Å². The first-order chi connectivity index (χ1) is 5.81. The van der Waals surface area contributed by atoms with Crippen molar-refractivity contribution in [3.05, 3.63) is 28.8 Å². The highest BCUT2D eigenvalue weighted by Crippen LogP contribution is 2.31. The average Bonchev–Trinajstić information content (AvgIpc) is 2.46. The van der Waals surface area contributed by atoms with Gasteiger partial charge in [-0.2, -0.15) is 0 Å².